The number of nitrogens with zero attached hydrogens (tertiary/aromatic N) is 2. The van der Waals surface area contributed by atoms with E-state index in [-0.39, 0.29) is 18.0 Å². The molecule has 0 atom stereocenters. The van der Waals surface area contributed by atoms with Gasteiger partial charge < -0.3 is 10.2 Å². The normalized spacial score (nSPS) is 16.3. The van der Waals surface area contributed by atoms with Crippen molar-refractivity contribution in [2.45, 2.75) is 6.92 Å². The summed E-state index contributed by atoms with van der Waals surface area (Å²) in [5.74, 6) is 0.417. The summed E-state index contributed by atoms with van der Waals surface area (Å²) in [6.07, 6.45) is 0. The molecule has 2 rings (SSSR count). The van der Waals surface area contributed by atoms with Crippen molar-refractivity contribution < 1.29 is 4.79 Å². The van der Waals surface area contributed by atoms with Gasteiger partial charge in [0, 0.05) is 24.8 Å². The van der Waals surface area contributed by atoms with Crippen LogP contribution in [0, 0.1) is 6.92 Å². The number of amides is 1. The van der Waals surface area contributed by atoms with Crippen LogP contribution in [0.2, 0.25) is 0 Å². The van der Waals surface area contributed by atoms with Crippen LogP contribution in [0.5, 0.6) is 0 Å². The number of carbonyl (C=O) groups excluding carboxylic acids is 1. The average Bonchev–Trinajstić information content (AvgIpc) is 2.16. The van der Waals surface area contributed by atoms with Gasteiger partial charge in [0.15, 0.2) is 0 Å². The lowest BCUT2D eigenvalue weighted by Crippen LogP contribution is -2.48. The van der Waals surface area contributed by atoms with E-state index in [9.17, 15) is 9.59 Å². The van der Waals surface area contributed by atoms with E-state index in [1.54, 1.807) is 11.8 Å². The SMILES string of the molecule is Cc1cc(=O)[nH]c(N2CCNC(=O)C2)n1. The van der Waals surface area contributed by atoms with Crippen molar-refractivity contribution >= 4 is 11.9 Å². The van der Waals surface area contributed by atoms with Gasteiger partial charge in [-0.2, -0.15) is 0 Å². The lowest BCUT2D eigenvalue weighted by Gasteiger charge is -2.26. The number of anilines is 1. The second-order valence-corrected chi connectivity index (χ2v) is 3.48. The van der Waals surface area contributed by atoms with Gasteiger partial charge >= 0.3 is 0 Å². The Balaban J connectivity index is 2.28. The highest BCUT2D eigenvalue weighted by Crippen LogP contribution is 2.06. The fraction of sp³-hybridized carbons (Fsp3) is 0.444. The minimum Gasteiger partial charge on any atom is -0.353 e. The molecule has 2 heterocycles. The van der Waals surface area contributed by atoms with E-state index >= 15 is 0 Å². The maximum atomic E-state index is 11.2. The van der Waals surface area contributed by atoms with Crippen LogP contribution in [0.1, 0.15) is 5.69 Å². The quantitative estimate of drug-likeness (QED) is 0.621. The molecule has 0 saturated carbocycles. The molecule has 2 N–H and O–H groups in total. The third-order valence-electron chi connectivity index (χ3n) is 2.20. The molecule has 1 aromatic rings. The van der Waals surface area contributed by atoms with Gasteiger partial charge in [0.2, 0.25) is 11.9 Å². The van der Waals surface area contributed by atoms with Gasteiger partial charge in [0.25, 0.3) is 5.56 Å². The maximum Gasteiger partial charge on any atom is 0.252 e. The van der Waals surface area contributed by atoms with Crippen molar-refractivity contribution in [1.29, 1.82) is 0 Å². The van der Waals surface area contributed by atoms with Gasteiger partial charge in [-0.05, 0) is 6.92 Å². The van der Waals surface area contributed by atoms with E-state index in [4.69, 9.17) is 0 Å². The Hall–Kier alpha value is -1.85. The molecule has 1 amide bonds. The summed E-state index contributed by atoms with van der Waals surface area (Å²) >= 11 is 0. The predicted octanol–water partition coefficient (Wildman–Crippen LogP) is -0.985. The summed E-state index contributed by atoms with van der Waals surface area (Å²) in [6, 6.07) is 1.42. The van der Waals surface area contributed by atoms with Gasteiger partial charge in [-0.1, -0.05) is 0 Å². The third-order valence-corrected chi connectivity index (χ3v) is 2.20. The molecule has 0 spiro atoms. The number of carbonyl (C=O) groups is 1. The second-order valence-electron chi connectivity index (χ2n) is 3.48. The molecule has 6 heteroatoms. The van der Waals surface area contributed by atoms with Crippen LogP contribution >= 0.6 is 0 Å². The van der Waals surface area contributed by atoms with E-state index in [0.717, 1.165) is 0 Å². The zero-order valence-electron chi connectivity index (χ0n) is 8.41. The van der Waals surface area contributed by atoms with Crippen LogP contribution in [0.15, 0.2) is 10.9 Å². The average molecular weight is 208 g/mol. The number of hydrogen-bond acceptors (Lipinski definition) is 4. The summed E-state index contributed by atoms with van der Waals surface area (Å²) in [4.78, 5) is 30.9. The molecule has 1 aliphatic rings. The van der Waals surface area contributed by atoms with E-state index in [0.29, 0.717) is 24.7 Å². The van der Waals surface area contributed by atoms with Crippen LogP contribution in [0.25, 0.3) is 0 Å². The van der Waals surface area contributed by atoms with Crippen LogP contribution in [-0.4, -0.2) is 35.5 Å². The number of nitrogens with one attached hydrogen (secondary N) is 2. The Morgan fingerprint density at radius 2 is 2.27 bits per heavy atom. The number of hydrogen-bond donors (Lipinski definition) is 2. The van der Waals surface area contributed by atoms with Gasteiger partial charge in [0.05, 0.1) is 6.54 Å². The molecular formula is C9H12N4O2. The van der Waals surface area contributed by atoms with Crippen molar-refractivity contribution in [1.82, 2.24) is 15.3 Å². The highest BCUT2D eigenvalue weighted by molar-refractivity contribution is 5.81. The summed E-state index contributed by atoms with van der Waals surface area (Å²) in [5.41, 5.74) is 0.461. The number of H-pyrrole nitrogens is 1. The third kappa shape index (κ3) is 2.15. The Morgan fingerprint density at radius 1 is 1.47 bits per heavy atom. The fourth-order valence-corrected chi connectivity index (χ4v) is 1.53. The molecule has 1 fully saturated rings. The molecule has 6 nitrogen and oxygen atoms in total. The zero-order valence-corrected chi connectivity index (χ0v) is 8.41. The lowest BCUT2D eigenvalue weighted by molar-refractivity contribution is -0.120. The maximum absolute atomic E-state index is 11.2. The van der Waals surface area contributed by atoms with Crippen LogP contribution in [-0.2, 0) is 4.79 Å². The topological polar surface area (TPSA) is 78.1 Å². The molecule has 80 valence electrons. The van der Waals surface area contributed by atoms with E-state index < -0.39 is 0 Å². The molecule has 1 aliphatic heterocycles. The monoisotopic (exact) mass is 208 g/mol. The summed E-state index contributed by atoms with van der Waals surface area (Å²) in [7, 11) is 0. The molecule has 0 aromatic carbocycles. The Labute approximate surface area is 86.3 Å². The van der Waals surface area contributed by atoms with Crippen LogP contribution in [0.4, 0.5) is 5.95 Å². The van der Waals surface area contributed by atoms with E-state index in [1.807, 2.05) is 0 Å². The molecule has 15 heavy (non-hydrogen) atoms. The Morgan fingerprint density at radius 3 is 2.93 bits per heavy atom. The summed E-state index contributed by atoms with van der Waals surface area (Å²) < 4.78 is 0. The number of aryl methyl sites for hydroxylation is 1. The first kappa shape index (κ1) is 9.70. The second kappa shape index (κ2) is 3.72. The minimum absolute atomic E-state index is 0.0506. The Bertz CT molecular complexity index is 440. The Kier molecular flexibility index (Phi) is 2.40. The van der Waals surface area contributed by atoms with Gasteiger partial charge in [-0.3, -0.25) is 14.6 Å². The van der Waals surface area contributed by atoms with Crippen LogP contribution < -0.4 is 15.8 Å². The molecule has 1 saturated heterocycles. The highest BCUT2D eigenvalue weighted by atomic mass is 16.2. The molecule has 0 aliphatic carbocycles. The molecular weight excluding hydrogens is 196 g/mol. The fourth-order valence-electron chi connectivity index (χ4n) is 1.53. The number of aromatic nitrogens is 2. The first-order valence-electron chi connectivity index (χ1n) is 4.75. The smallest absolute Gasteiger partial charge is 0.252 e. The van der Waals surface area contributed by atoms with Crippen molar-refractivity contribution in [2.24, 2.45) is 0 Å². The molecule has 0 unspecified atom stereocenters. The largest absolute Gasteiger partial charge is 0.353 e. The number of rotatable bonds is 1. The first-order chi connectivity index (χ1) is 7.15. The summed E-state index contributed by atoms with van der Waals surface area (Å²) in [5, 5.41) is 2.71. The van der Waals surface area contributed by atoms with E-state index in [2.05, 4.69) is 15.3 Å². The zero-order chi connectivity index (χ0) is 10.8. The summed E-state index contributed by atoms with van der Waals surface area (Å²) in [6.45, 7) is 3.24. The number of piperazine rings is 1. The van der Waals surface area contributed by atoms with Crippen molar-refractivity contribution in [3.63, 3.8) is 0 Å². The lowest BCUT2D eigenvalue weighted by atomic mass is 10.3. The van der Waals surface area contributed by atoms with Crippen molar-refractivity contribution in [2.75, 3.05) is 24.5 Å². The van der Waals surface area contributed by atoms with Crippen molar-refractivity contribution in [3.8, 4) is 0 Å². The number of aromatic amines is 1. The molecule has 0 radical (unpaired) electrons. The minimum atomic E-state index is -0.191. The van der Waals surface area contributed by atoms with Gasteiger partial charge in [-0.25, -0.2) is 4.98 Å². The highest BCUT2D eigenvalue weighted by Gasteiger charge is 2.18. The van der Waals surface area contributed by atoms with Crippen molar-refractivity contribution in [3.05, 3.63) is 22.1 Å². The molecule has 1 aromatic heterocycles. The standard InChI is InChI=1S/C9H12N4O2/c1-6-4-7(14)12-9(11-6)13-3-2-10-8(15)5-13/h4H,2-3,5H2,1H3,(H,10,15)(H,11,12,14). The van der Waals surface area contributed by atoms with Crippen LogP contribution in [0.3, 0.4) is 0 Å². The predicted molar refractivity (Wildman–Crippen MR) is 54.8 cm³/mol. The first-order valence-corrected chi connectivity index (χ1v) is 4.75. The molecule has 0 bridgehead atoms. The van der Waals surface area contributed by atoms with Gasteiger partial charge in [0.1, 0.15) is 0 Å². The van der Waals surface area contributed by atoms with Gasteiger partial charge in [-0.15, -0.1) is 0 Å². The van der Waals surface area contributed by atoms with E-state index in [1.165, 1.54) is 6.07 Å².